The minimum Gasteiger partial charge on any atom is -0.310 e. The molecule has 0 bridgehead atoms. The van der Waals surface area contributed by atoms with Crippen LogP contribution in [-0.4, -0.2) is 4.57 Å². The first-order valence-corrected chi connectivity index (χ1v) is 22.0. The summed E-state index contributed by atoms with van der Waals surface area (Å²) < 4.78 is 2.40. The molecule has 1 heterocycles. The quantitative estimate of drug-likeness (QED) is 0.148. The van der Waals surface area contributed by atoms with Gasteiger partial charge in [-0.2, -0.15) is 0 Å². The first-order valence-electron chi connectivity index (χ1n) is 22.0. The van der Waals surface area contributed by atoms with E-state index in [1.54, 1.807) is 0 Å². The van der Waals surface area contributed by atoms with E-state index in [0.717, 1.165) is 28.3 Å². The predicted molar refractivity (Wildman–Crippen MR) is 272 cm³/mol. The summed E-state index contributed by atoms with van der Waals surface area (Å²) in [5.41, 5.74) is 16.4. The average Bonchev–Trinajstić information content (AvgIpc) is 3.72. The van der Waals surface area contributed by atoms with Crippen LogP contribution in [0.5, 0.6) is 0 Å². The van der Waals surface area contributed by atoms with Gasteiger partial charge < -0.3 is 9.47 Å². The molecule has 0 aliphatic heterocycles. The van der Waals surface area contributed by atoms with Crippen LogP contribution in [0.25, 0.3) is 93.5 Å². The number of aromatic nitrogens is 1. The van der Waals surface area contributed by atoms with E-state index in [0.29, 0.717) is 0 Å². The summed E-state index contributed by atoms with van der Waals surface area (Å²) in [6.07, 6.45) is 0. The van der Waals surface area contributed by atoms with Crippen molar-refractivity contribution in [3.63, 3.8) is 0 Å². The Labute approximate surface area is 373 Å². The van der Waals surface area contributed by atoms with Crippen LogP contribution in [0.4, 0.5) is 17.1 Å². The van der Waals surface area contributed by atoms with Crippen molar-refractivity contribution in [3.05, 3.63) is 255 Å². The lowest BCUT2D eigenvalue weighted by atomic mass is 9.91. The molecule has 12 aromatic rings. The average molecular weight is 815 g/mol. The minimum absolute atomic E-state index is 1.08. The van der Waals surface area contributed by atoms with Gasteiger partial charge in [0.2, 0.25) is 0 Å². The molecule has 0 radical (unpaired) electrons. The molecule has 0 aliphatic rings. The lowest BCUT2D eigenvalue weighted by molar-refractivity contribution is 1.18. The molecular formula is C62H42N2. The summed E-state index contributed by atoms with van der Waals surface area (Å²) in [6.45, 7) is 0. The highest BCUT2D eigenvalue weighted by molar-refractivity contribution is 6.17. The Morgan fingerprint density at radius 3 is 1.45 bits per heavy atom. The van der Waals surface area contributed by atoms with E-state index in [9.17, 15) is 0 Å². The van der Waals surface area contributed by atoms with E-state index in [2.05, 4.69) is 264 Å². The molecular weight excluding hydrogens is 773 g/mol. The fourth-order valence-corrected chi connectivity index (χ4v) is 9.92. The van der Waals surface area contributed by atoms with Crippen molar-refractivity contribution in [2.75, 3.05) is 4.90 Å². The van der Waals surface area contributed by atoms with E-state index in [-0.39, 0.29) is 0 Å². The lowest BCUT2D eigenvalue weighted by Crippen LogP contribution is -2.11. The summed E-state index contributed by atoms with van der Waals surface area (Å²) >= 11 is 0. The summed E-state index contributed by atoms with van der Waals surface area (Å²) in [6, 6.07) is 92.7. The maximum Gasteiger partial charge on any atom is 0.0547 e. The van der Waals surface area contributed by atoms with Gasteiger partial charge in [-0.25, -0.2) is 0 Å². The molecule has 12 rings (SSSR count). The highest BCUT2D eigenvalue weighted by atomic mass is 15.1. The van der Waals surface area contributed by atoms with E-state index >= 15 is 0 Å². The molecule has 0 atom stereocenters. The van der Waals surface area contributed by atoms with Gasteiger partial charge in [0.1, 0.15) is 0 Å². The maximum absolute atomic E-state index is 2.43. The van der Waals surface area contributed by atoms with Crippen LogP contribution in [0.1, 0.15) is 0 Å². The lowest BCUT2D eigenvalue weighted by Gasteiger charge is -2.28. The number of benzene rings is 11. The molecule has 300 valence electrons. The zero-order valence-corrected chi connectivity index (χ0v) is 35.1. The Balaban J connectivity index is 1.04. The topological polar surface area (TPSA) is 8.17 Å². The van der Waals surface area contributed by atoms with Crippen molar-refractivity contribution >= 4 is 60.4 Å². The first-order chi connectivity index (χ1) is 31.8. The minimum atomic E-state index is 1.08. The van der Waals surface area contributed by atoms with Gasteiger partial charge in [-0.05, 0) is 115 Å². The fraction of sp³-hybridized carbons (Fsp3) is 0. The Bertz CT molecular complexity index is 3630. The predicted octanol–water partition coefficient (Wildman–Crippen LogP) is 17.2. The third kappa shape index (κ3) is 6.35. The first kappa shape index (κ1) is 37.3. The molecule has 0 saturated carbocycles. The molecule has 0 fully saturated rings. The third-order valence-corrected chi connectivity index (χ3v) is 12.8. The maximum atomic E-state index is 2.43. The van der Waals surface area contributed by atoms with Gasteiger partial charge in [0.25, 0.3) is 0 Å². The van der Waals surface area contributed by atoms with Gasteiger partial charge in [0.15, 0.2) is 0 Å². The van der Waals surface area contributed by atoms with Crippen molar-refractivity contribution in [1.29, 1.82) is 0 Å². The number of fused-ring (bicyclic) bond motifs is 5. The Morgan fingerprint density at radius 1 is 0.266 bits per heavy atom. The molecule has 11 aromatic carbocycles. The molecule has 0 N–H and O–H groups in total. The third-order valence-electron chi connectivity index (χ3n) is 12.8. The van der Waals surface area contributed by atoms with Crippen LogP contribution >= 0.6 is 0 Å². The van der Waals surface area contributed by atoms with Crippen LogP contribution in [0, 0.1) is 0 Å². The molecule has 0 aliphatic carbocycles. The van der Waals surface area contributed by atoms with Crippen LogP contribution in [-0.2, 0) is 0 Å². The van der Waals surface area contributed by atoms with Crippen LogP contribution in [0.2, 0.25) is 0 Å². The van der Waals surface area contributed by atoms with Gasteiger partial charge in [0, 0.05) is 33.4 Å². The molecule has 64 heavy (non-hydrogen) atoms. The van der Waals surface area contributed by atoms with Gasteiger partial charge in [0.05, 0.1) is 16.7 Å². The van der Waals surface area contributed by atoms with E-state index in [1.807, 2.05) is 0 Å². The van der Waals surface area contributed by atoms with Crippen molar-refractivity contribution in [2.24, 2.45) is 0 Å². The number of hydrogen-bond acceptors (Lipinski definition) is 1. The van der Waals surface area contributed by atoms with Crippen molar-refractivity contribution < 1.29 is 0 Å². The Hall–Kier alpha value is -8.46. The number of hydrogen-bond donors (Lipinski definition) is 0. The van der Waals surface area contributed by atoms with Gasteiger partial charge in [-0.15, -0.1) is 0 Å². The summed E-state index contributed by atoms with van der Waals surface area (Å²) in [5.74, 6) is 0. The normalized spacial score (nSPS) is 11.4. The highest BCUT2D eigenvalue weighted by Gasteiger charge is 2.22. The second-order valence-corrected chi connectivity index (χ2v) is 16.4. The smallest absolute Gasteiger partial charge is 0.0547 e. The highest BCUT2D eigenvalue weighted by Crippen LogP contribution is 2.46. The molecule has 1 aromatic heterocycles. The largest absolute Gasteiger partial charge is 0.310 e. The standard InChI is InChI=1S/C62H42N2/c1-3-17-44(18-4-1)53-29-14-21-47-22-15-30-54(61(47)53)46-37-41-50(42-38-46)63(49-39-35-45(36-40-49)52-28-13-20-43-19-7-8-25-51(43)52)58-32-11-9-26-55(58)56-31-16-34-60-62(56)57-27-10-12-33-59(57)64(60)48-23-5-2-6-24-48/h1-42H. The monoisotopic (exact) mass is 814 g/mol. The van der Waals surface area contributed by atoms with Gasteiger partial charge in [-0.3, -0.25) is 0 Å². The molecule has 0 spiro atoms. The Morgan fingerprint density at radius 2 is 0.734 bits per heavy atom. The van der Waals surface area contributed by atoms with Crippen molar-refractivity contribution in [2.45, 2.75) is 0 Å². The van der Waals surface area contributed by atoms with Crippen LogP contribution < -0.4 is 4.90 Å². The second kappa shape index (κ2) is 15.8. The SMILES string of the molecule is c1ccc(-c2cccc3cccc(-c4ccc(N(c5ccc(-c6cccc7ccccc67)cc5)c5ccccc5-c5cccc6c5c5ccccc5n6-c5ccccc5)cc4)c23)cc1. The zero-order chi connectivity index (χ0) is 42.4. The molecule has 2 heteroatoms. The van der Waals surface area contributed by atoms with Gasteiger partial charge in [-0.1, -0.05) is 200 Å². The number of anilines is 3. The number of rotatable bonds is 8. The number of para-hydroxylation sites is 3. The number of nitrogens with zero attached hydrogens (tertiary/aromatic N) is 2. The van der Waals surface area contributed by atoms with Crippen molar-refractivity contribution in [3.8, 4) is 50.2 Å². The summed E-state index contributed by atoms with van der Waals surface area (Å²) in [4.78, 5) is 2.43. The molecule has 0 saturated heterocycles. The molecule has 0 amide bonds. The van der Waals surface area contributed by atoms with Gasteiger partial charge >= 0.3 is 0 Å². The Kier molecular flexibility index (Phi) is 9.20. The second-order valence-electron chi connectivity index (χ2n) is 16.4. The van der Waals surface area contributed by atoms with Crippen LogP contribution in [0.15, 0.2) is 255 Å². The molecule has 0 unspecified atom stereocenters. The van der Waals surface area contributed by atoms with Crippen LogP contribution in [0.3, 0.4) is 0 Å². The van der Waals surface area contributed by atoms with E-state index in [1.165, 1.54) is 82.3 Å². The summed E-state index contributed by atoms with van der Waals surface area (Å²) in [5, 5.41) is 7.45. The summed E-state index contributed by atoms with van der Waals surface area (Å²) in [7, 11) is 0. The fourth-order valence-electron chi connectivity index (χ4n) is 9.92. The molecule has 2 nitrogen and oxygen atoms in total. The zero-order valence-electron chi connectivity index (χ0n) is 35.1. The van der Waals surface area contributed by atoms with Crippen molar-refractivity contribution in [1.82, 2.24) is 4.57 Å². The van der Waals surface area contributed by atoms with E-state index < -0.39 is 0 Å². The van der Waals surface area contributed by atoms with E-state index in [4.69, 9.17) is 0 Å².